The lowest BCUT2D eigenvalue weighted by Crippen LogP contribution is -2.33. The predicted octanol–water partition coefficient (Wildman–Crippen LogP) is 5.31. The van der Waals surface area contributed by atoms with Crippen molar-refractivity contribution in [3.8, 4) is 17.2 Å². The first kappa shape index (κ1) is 20.4. The molecule has 156 valence electrons. The molecular formula is C23H19ClN4O3. The maximum absolute atomic E-state index is 12.7. The van der Waals surface area contributed by atoms with E-state index in [1.807, 2.05) is 30.3 Å². The van der Waals surface area contributed by atoms with Crippen molar-refractivity contribution in [3.63, 3.8) is 0 Å². The quantitative estimate of drug-likeness (QED) is 0.429. The Morgan fingerprint density at radius 3 is 2.35 bits per heavy atom. The lowest BCUT2D eigenvalue weighted by atomic mass is 10.1. The molecule has 0 aliphatic carbocycles. The SMILES string of the molecule is COc1ccc(NC(=O)N[C@H](c2ccc(Cl)cc2)c2nnc(-c3ccccc3)o2)cc1. The lowest BCUT2D eigenvalue weighted by Gasteiger charge is -2.16. The molecule has 0 saturated carbocycles. The van der Waals surface area contributed by atoms with Crippen LogP contribution in [0.1, 0.15) is 17.5 Å². The molecule has 1 aromatic heterocycles. The maximum Gasteiger partial charge on any atom is 0.320 e. The van der Waals surface area contributed by atoms with E-state index < -0.39 is 12.1 Å². The van der Waals surface area contributed by atoms with Crippen LogP contribution in [-0.4, -0.2) is 23.3 Å². The summed E-state index contributed by atoms with van der Waals surface area (Å²) in [5.74, 6) is 1.32. The highest BCUT2D eigenvalue weighted by Gasteiger charge is 2.23. The van der Waals surface area contributed by atoms with Crippen LogP contribution in [0.15, 0.2) is 83.3 Å². The number of nitrogens with zero attached hydrogens (tertiary/aromatic N) is 2. The fraction of sp³-hybridized carbons (Fsp3) is 0.0870. The molecule has 1 atom stereocenters. The molecule has 0 unspecified atom stereocenters. The third-order valence-electron chi connectivity index (χ3n) is 4.53. The summed E-state index contributed by atoms with van der Waals surface area (Å²) in [5, 5.41) is 14.6. The van der Waals surface area contributed by atoms with Gasteiger partial charge in [0.05, 0.1) is 7.11 Å². The number of benzene rings is 3. The molecule has 3 aromatic carbocycles. The third-order valence-corrected chi connectivity index (χ3v) is 4.79. The van der Waals surface area contributed by atoms with Crippen LogP contribution in [0.3, 0.4) is 0 Å². The van der Waals surface area contributed by atoms with Crippen molar-refractivity contribution in [2.24, 2.45) is 0 Å². The summed E-state index contributed by atoms with van der Waals surface area (Å²) < 4.78 is 11.0. The van der Waals surface area contributed by atoms with Gasteiger partial charge in [0.1, 0.15) is 11.8 Å². The Morgan fingerprint density at radius 2 is 1.68 bits per heavy atom. The van der Waals surface area contributed by atoms with E-state index in [2.05, 4.69) is 20.8 Å². The average Bonchev–Trinajstić information content (AvgIpc) is 3.29. The zero-order valence-electron chi connectivity index (χ0n) is 16.6. The summed E-state index contributed by atoms with van der Waals surface area (Å²) in [7, 11) is 1.58. The van der Waals surface area contributed by atoms with Crippen molar-refractivity contribution in [2.45, 2.75) is 6.04 Å². The summed E-state index contributed by atoms with van der Waals surface area (Å²) in [5.41, 5.74) is 2.15. The zero-order chi connectivity index (χ0) is 21.6. The number of halogens is 1. The van der Waals surface area contributed by atoms with Crippen LogP contribution >= 0.6 is 11.6 Å². The lowest BCUT2D eigenvalue weighted by molar-refractivity contribution is 0.248. The number of amides is 2. The van der Waals surface area contributed by atoms with Gasteiger partial charge in [0.15, 0.2) is 0 Å². The fourth-order valence-corrected chi connectivity index (χ4v) is 3.09. The van der Waals surface area contributed by atoms with Gasteiger partial charge in [-0.15, -0.1) is 10.2 Å². The van der Waals surface area contributed by atoms with Crippen LogP contribution in [0.4, 0.5) is 10.5 Å². The van der Waals surface area contributed by atoms with Gasteiger partial charge in [-0.1, -0.05) is 41.9 Å². The molecule has 0 fully saturated rings. The number of urea groups is 1. The van der Waals surface area contributed by atoms with Crippen molar-refractivity contribution >= 4 is 23.3 Å². The maximum atomic E-state index is 12.7. The van der Waals surface area contributed by atoms with Gasteiger partial charge in [-0.3, -0.25) is 0 Å². The Hall–Kier alpha value is -3.84. The largest absolute Gasteiger partial charge is 0.497 e. The van der Waals surface area contributed by atoms with Gasteiger partial charge in [0, 0.05) is 16.3 Å². The second kappa shape index (κ2) is 9.32. The number of carbonyl (C=O) groups is 1. The van der Waals surface area contributed by atoms with E-state index in [1.165, 1.54) is 0 Å². The molecule has 31 heavy (non-hydrogen) atoms. The highest BCUT2D eigenvalue weighted by atomic mass is 35.5. The first-order chi connectivity index (χ1) is 15.1. The van der Waals surface area contributed by atoms with Crippen LogP contribution < -0.4 is 15.4 Å². The van der Waals surface area contributed by atoms with Gasteiger partial charge >= 0.3 is 6.03 Å². The predicted molar refractivity (Wildman–Crippen MR) is 118 cm³/mol. The summed E-state index contributed by atoms with van der Waals surface area (Å²) in [6.07, 6.45) is 0. The van der Waals surface area contributed by atoms with Gasteiger partial charge in [0.25, 0.3) is 0 Å². The summed E-state index contributed by atoms with van der Waals surface area (Å²) in [4.78, 5) is 12.7. The Balaban J connectivity index is 1.58. The average molecular weight is 435 g/mol. The second-order valence-electron chi connectivity index (χ2n) is 6.62. The molecule has 0 aliphatic rings. The van der Waals surface area contributed by atoms with E-state index in [0.29, 0.717) is 22.4 Å². The van der Waals surface area contributed by atoms with Gasteiger partial charge < -0.3 is 19.8 Å². The molecule has 7 nitrogen and oxygen atoms in total. The van der Waals surface area contributed by atoms with Crippen molar-refractivity contribution < 1.29 is 13.9 Å². The molecule has 2 amide bonds. The number of methoxy groups -OCH3 is 1. The smallest absolute Gasteiger partial charge is 0.320 e. The molecular weight excluding hydrogens is 416 g/mol. The molecule has 1 heterocycles. The Labute approximate surface area is 184 Å². The number of nitrogens with one attached hydrogen (secondary N) is 2. The van der Waals surface area contributed by atoms with Gasteiger partial charge in [-0.25, -0.2) is 4.79 Å². The van der Waals surface area contributed by atoms with Crippen LogP contribution in [0.25, 0.3) is 11.5 Å². The number of hydrogen-bond donors (Lipinski definition) is 2. The molecule has 0 aliphatic heterocycles. The first-order valence-corrected chi connectivity index (χ1v) is 9.86. The van der Waals surface area contributed by atoms with Gasteiger partial charge in [0.2, 0.25) is 11.8 Å². The van der Waals surface area contributed by atoms with Crippen LogP contribution in [-0.2, 0) is 0 Å². The van der Waals surface area contributed by atoms with E-state index in [4.69, 9.17) is 20.8 Å². The molecule has 0 bridgehead atoms. The van der Waals surface area contributed by atoms with E-state index >= 15 is 0 Å². The van der Waals surface area contributed by atoms with Crippen molar-refractivity contribution in [1.29, 1.82) is 0 Å². The highest BCUT2D eigenvalue weighted by molar-refractivity contribution is 6.30. The molecule has 0 spiro atoms. The van der Waals surface area contributed by atoms with Crippen LogP contribution in [0.5, 0.6) is 5.75 Å². The zero-order valence-corrected chi connectivity index (χ0v) is 17.3. The Kier molecular flexibility index (Phi) is 6.14. The van der Waals surface area contributed by atoms with Gasteiger partial charge in [-0.05, 0) is 54.1 Å². The molecule has 0 radical (unpaired) electrons. The third kappa shape index (κ3) is 5.02. The Morgan fingerprint density at radius 1 is 0.968 bits per heavy atom. The second-order valence-corrected chi connectivity index (χ2v) is 7.06. The van der Waals surface area contributed by atoms with Crippen LogP contribution in [0.2, 0.25) is 5.02 Å². The van der Waals surface area contributed by atoms with Gasteiger partial charge in [-0.2, -0.15) is 0 Å². The minimum Gasteiger partial charge on any atom is -0.497 e. The monoisotopic (exact) mass is 434 g/mol. The highest BCUT2D eigenvalue weighted by Crippen LogP contribution is 2.26. The van der Waals surface area contributed by atoms with E-state index in [-0.39, 0.29) is 5.89 Å². The van der Waals surface area contributed by atoms with Crippen LogP contribution in [0, 0.1) is 0 Å². The van der Waals surface area contributed by atoms with E-state index in [0.717, 1.165) is 11.1 Å². The van der Waals surface area contributed by atoms with E-state index in [9.17, 15) is 4.79 Å². The topological polar surface area (TPSA) is 89.3 Å². The summed E-state index contributed by atoms with van der Waals surface area (Å²) in [6, 6.07) is 22.4. The number of anilines is 1. The molecule has 0 saturated heterocycles. The molecule has 2 N–H and O–H groups in total. The summed E-state index contributed by atoms with van der Waals surface area (Å²) in [6.45, 7) is 0. The van der Waals surface area contributed by atoms with Crippen molar-refractivity contribution in [3.05, 3.63) is 95.3 Å². The summed E-state index contributed by atoms with van der Waals surface area (Å²) >= 11 is 6.02. The standard InChI is InChI=1S/C23H19ClN4O3/c1-30-19-13-11-18(12-14-19)25-23(29)26-20(15-7-9-17(24)10-8-15)22-28-27-21(31-22)16-5-3-2-4-6-16/h2-14,20H,1H3,(H2,25,26,29)/t20-/m1/s1. The van der Waals surface area contributed by atoms with E-state index in [1.54, 1.807) is 55.6 Å². The van der Waals surface area contributed by atoms with Crippen molar-refractivity contribution in [2.75, 3.05) is 12.4 Å². The number of rotatable bonds is 6. The number of aromatic nitrogens is 2. The molecule has 4 aromatic rings. The Bertz CT molecular complexity index is 1150. The molecule has 4 rings (SSSR count). The minimum absolute atomic E-state index is 0.256. The molecule has 8 heteroatoms. The number of hydrogen-bond acceptors (Lipinski definition) is 5. The fourth-order valence-electron chi connectivity index (χ4n) is 2.96. The number of carbonyl (C=O) groups excluding carboxylic acids is 1. The normalized spacial score (nSPS) is 11.5. The number of ether oxygens (including phenoxy) is 1. The minimum atomic E-state index is -0.666. The first-order valence-electron chi connectivity index (χ1n) is 9.48. The van der Waals surface area contributed by atoms with Crippen molar-refractivity contribution in [1.82, 2.24) is 15.5 Å².